The number of pyridine rings is 1. The quantitative estimate of drug-likeness (QED) is 0.279. The molecule has 0 aliphatic carbocycles. The zero-order valence-corrected chi connectivity index (χ0v) is 19.7. The second-order valence-corrected chi connectivity index (χ2v) is 8.68. The molecule has 6 rings (SSSR count). The standard InChI is InChI=1S/C30H25N3O2/c1-3-32-21(2)28(24-16-10-11-17-27(24)32)30(26-18-19-31-20-25(26)29(34)35-30)33(22-12-6-4-7-13-22)23-14-8-5-9-15-23/h4-20H,3H2,1-2H3. The van der Waals surface area contributed by atoms with Gasteiger partial charge < -0.3 is 9.30 Å². The number of ether oxygens (including phenoxy) is 1. The molecule has 35 heavy (non-hydrogen) atoms. The van der Waals surface area contributed by atoms with E-state index in [1.807, 2.05) is 48.5 Å². The van der Waals surface area contributed by atoms with Gasteiger partial charge in [-0.2, -0.15) is 0 Å². The minimum Gasteiger partial charge on any atom is -0.426 e. The Morgan fingerprint density at radius 1 is 0.886 bits per heavy atom. The largest absolute Gasteiger partial charge is 0.426 e. The summed E-state index contributed by atoms with van der Waals surface area (Å²) in [6, 6.07) is 30.5. The molecule has 5 nitrogen and oxygen atoms in total. The van der Waals surface area contributed by atoms with Crippen molar-refractivity contribution in [1.29, 1.82) is 0 Å². The predicted octanol–water partition coefficient (Wildman–Crippen LogP) is 6.57. The van der Waals surface area contributed by atoms with E-state index >= 15 is 0 Å². The van der Waals surface area contributed by atoms with Crippen LogP contribution in [0.1, 0.15) is 34.1 Å². The molecule has 0 saturated carbocycles. The number of nitrogens with zero attached hydrogens (tertiary/aromatic N) is 3. The van der Waals surface area contributed by atoms with Crippen molar-refractivity contribution in [2.75, 3.05) is 4.90 Å². The number of rotatable bonds is 5. The molecule has 0 N–H and O–H groups in total. The summed E-state index contributed by atoms with van der Waals surface area (Å²) in [4.78, 5) is 19.8. The van der Waals surface area contributed by atoms with Gasteiger partial charge in [-0.25, -0.2) is 4.79 Å². The zero-order chi connectivity index (χ0) is 24.0. The molecule has 2 aromatic heterocycles. The number of benzene rings is 3. The Labute approximate surface area is 204 Å². The lowest BCUT2D eigenvalue weighted by Crippen LogP contribution is -2.45. The molecule has 1 unspecified atom stereocenters. The lowest BCUT2D eigenvalue weighted by molar-refractivity contribution is 0.0136. The van der Waals surface area contributed by atoms with Gasteiger partial charge in [-0.3, -0.25) is 9.88 Å². The number of fused-ring (bicyclic) bond motifs is 2. The molecule has 5 heteroatoms. The Morgan fingerprint density at radius 3 is 2.17 bits per heavy atom. The van der Waals surface area contributed by atoms with E-state index in [4.69, 9.17) is 4.74 Å². The molecule has 0 saturated heterocycles. The molecule has 1 atom stereocenters. The fourth-order valence-corrected chi connectivity index (χ4v) is 5.49. The summed E-state index contributed by atoms with van der Waals surface area (Å²) in [6.45, 7) is 5.05. The SMILES string of the molecule is CCn1c(C)c(C2(N(c3ccccc3)c3ccccc3)OC(=O)c3cnccc32)c2ccccc21. The molecule has 5 aromatic rings. The molecule has 0 bridgehead atoms. The first kappa shape index (κ1) is 21.2. The van der Waals surface area contributed by atoms with E-state index < -0.39 is 5.72 Å². The van der Waals surface area contributed by atoms with Crippen LogP contribution < -0.4 is 4.90 Å². The fraction of sp³-hybridized carbons (Fsp3) is 0.133. The summed E-state index contributed by atoms with van der Waals surface area (Å²) in [5, 5.41) is 1.06. The topological polar surface area (TPSA) is 47.4 Å². The number of para-hydroxylation sites is 3. The smallest absolute Gasteiger partial charge is 0.342 e. The molecule has 0 fully saturated rings. The summed E-state index contributed by atoms with van der Waals surface area (Å²) in [5.41, 5.74) is 5.02. The third-order valence-corrected chi connectivity index (χ3v) is 6.88. The molecule has 0 radical (unpaired) electrons. The van der Waals surface area contributed by atoms with Crippen LogP contribution in [0.4, 0.5) is 11.4 Å². The number of esters is 1. The summed E-state index contributed by atoms with van der Waals surface area (Å²) in [6.07, 6.45) is 3.35. The van der Waals surface area contributed by atoms with Crippen LogP contribution in [0.2, 0.25) is 0 Å². The molecule has 3 heterocycles. The summed E-state index contributed by atoms with van der Waals surface area (Å²) in [7, 11) is 0. The molecular formula is C30H25N3O2. The number of aryl methyl sites for hydroxylation is 1. The van der Waals surface area contributed by atoms with Gasteiger partial charge in [0.05, 0.1) is 11.1 Å². The van der Waals surface area contributed by atoms with E-state index in [0.717, 1.165) is 45.6 Å². The van der Waals surface area contributed by atoms with Crippen LogP contribution in [-0.4, -0.2) is 15.5 Å². The highest BCUT2D eigenvalue weighted by molar-refractivity contribution is 5.99. The van der Waals surface area contributed by atoms with Crippen LogP contribution in [0.15, 0.2) is 103 Å². The van der Waals surface area contributed by atoms with Gasteiger partial charge in [0.15, 0.2) is 0 Å². The van der Waals surface area contributed by atoms with Crippen molar-refractivity contribution in [3.8, 4) is 0 Å². The zero-order valence-electron chi connectivity index (χ0n) is 19.7. The van der Waals surface area contributed by atoms with E-state index in [2.05, 4.69) is 70.8 Å². The third kappa shape index (κ3) is 3.01. The molecule has 1 aliphatic heterocycles. The highest BCUT2D eigenvalue weighted by Gasteiger charge is 2.55. The molecule has 1 aliphatic rings. The van der Waals surface area contributed by atoms with Gasteiger partial charge in [-0.05, 0) is 50.2 Å². The minimum atomic E-state index is -1.22. The van der Waals surface area contributed by atoms with Crippen molar-refractivity contribution in [2.45, 2.75) is 26.1 Å². The summed E-state index contributed by atoms with van der Waals surface area (Å²) in [5.74, 6) is -0.377. The Bertz CT molecular complexity index is 1500. The first-order valence-corrected chi connectivity index (χ1v) is 11.8. The van der Waals surface area contributed by atoms with Crippen LogP contribution in [0.3, 0.4) is 0 Å². The second-order valence-electron chi connectivity index (χ2n) is 8.68. The molecule has 0 amide bonds. The molecule has 3 aromatic carbocycles. The van der Waals surface area contributed by atoms with Crippen LogP contribution in [0, 0.1) is 6.92 Å². The van der Waals surface area contributed by atoms with E-state index in [0.29, 0.717) is 5.56 Å². The van der Waals surface area contributed by atoms with Gasteiger partial charge in [0.1, 0.15) is 0 Å². The minimum absolute atomic E-state index is 0.377. The number of cyclic esters (lactones) is 1. The van der Waals surface area contributed by atoms with Gasteiger partial charge in [-0.1, -0.05) is 54.6 Å². The number of carbonyl (C=O) groups is 1. The van der Waals surface area contributed by atoms with Crippen molar-refractivity contribution in [1.82, 2.24) is 9.55 Å². The van der Waals surface area contributed by atoms with Gasteiger partial charge in [0.25, 0.3) is 0 Å². The van der Waals surface area contributed by atoms with Gasteiger partial charge in [-0.15, -0.1) is 0 Å². The highest BCUT2D eigenvalue weighted by atomic mass is 16.6. The van der Waals surface area contributed by atoms with Crippen LogP contribution in [0.25, 0.3) is 10.9 Å². The van der Waals surface area contributed by atoms with Gasteiger partial charge in [0.2, 0.25) is 5.72 Å². The maximum atomic E-state index is 13.4. The van der Waals surface area contributed by atoms with Crippen molar-refractivity contribution in [2.24, 2.45) is 0 Å². The normalized spacial score (nSPS) is 16.8. The number of anilines is 2. The fourth-order valence-electron chi connectivity index (χ4n) is 5.49. The van der Waals surface area contributed by atoms with Crippen molar-refractivity contribution >= 4 is 28.2 Å². The van der Waals surface area contributed by atoms with Crippen LogP contribution in [-0.2, 0) is 17.0 Å². The number of aromatic nitrogens is 2. The maximum absolute atomic E-state index is 13.4. The van der Waals surface area contributed by atoms with Crippen molar-refractivity contribution < 1.29 is 9.53 Å². The first-order valence-electron chi connectivity index (χ1n) is 11.8. The molecule has 172 valence electrons. The monoisotopic (exact) mass is 459 g/mol. The van der Waals surface area contributed by atoms with E-state index in [1.165, 1.54) is 0 Å². The van der Waals surface area contributed by atoms with E-state index in [-0.39, 0.29) is 5.97 Å². The number of hydrogen-bond acceptors (Lipinski definition) is 4. The third-order valence-electron chi connectivity index (χ3n) is 6.88. The van der Waals surface area contributed by atoms with Crippen molar-refractivity contribution in [3.05, 3.63) is 126 Å². The van der Waals surface area contributed by atoms with E-state index in [1.54, 1.807) is 12.4 Å². The number of carbonyl (C=O) groups excluding carboxylic acids is 1. The second kappa shape index (κ2) is 8.13. The Hall–Kier alpha value is -4.38. The Balaban J connectivity index is 1.80. The van der Waals surface area contributed by atoms with Crippen molar-refractivity contribution in [3.63, 3.8) is 0 Å². The first-order chi connectivity index (χ1) is 17.2. The summed E-state index contributed by atoms with van der Waals surface area (Å²) < 4.78 is 8.84. The predicted molar refractivity (Wildman–Crippen MR) is 138 cm³/mol. The lowest BCUT2D eigenvalue weighted by Gasteiger charge is -2.42. The van der Waals surface area contributed by atoms with Crippen LogP contribution in [0.5, 0.6) is 0 Å². The van der Waals surface area contributed by atoms with E-state index in [9.17, 15) is 4.79 Å². The van der Waals surface area contributed by atoms with Gasteiger partial charge >= 0.3 is 5.97 Å². The van der Waals surface area contributed by atoms with Crippen LogP contribution >= 0.6 is 0 Å². The summed E-state index contributed by atoms with van der Waals surface area (Å²) >= 11 is 0. The Kier molecular flexibility index (Phi) is 4.92. The lowest BCUT2D eigenvalue weighted by atomic mass is 9.89. The Morgan fingerprint density at radius 2 is 1.51 bits per heavy atom. The number of hydrogen-bond donors (Lipinski definition) is 0. The molecule has 0 spiro atoms. The molecular weight excluding hydrogens is 434 g/mol. The average Bonchev–Trinajstić information content (AvgIpc) is 3.36. The van der Waals surface area contributed by atoms with Gasteiger partial charge in [0, 0.05) is 52.5 Å². The maximum Gasteiger partial charge on any atom is 0.342 e. The highest BCUT2D eigenvalue weighted by Crippen LogP contribution is 2.52. The average molecular weight is 460 g/mol.